The van der Waals surface area contributed by atoms with E-state index in [1.165, 1.54) is 0 Å². The summed E-state index contributed by atoms with van der Waals surface area (Å²) in [5.74, 6) is -0.350. The highest BCUT2D eigenvalue weighted by Gasteiger charge is 2.25. The molecular weight excluding hydrogens is 526 g/mol. The van der Waals surface area contributed by atoms with Gasteiger partial charge in [-0.2, -0.15) is 0 Å². The molecule has 2 N–H and O–H groups in total. The number of amides is 1. The number of methoxy groups -OCH3 is 1. The number of hydrogen-bond donors (Lipinski definition) is 2. The molecule has 0 atom stereocenters. The molecule has 8 heteroatoms. The standard InChI is InChI=1S/C30H40N4O2.C4H11NO/c1-9-12-16-27-22(4)25(20-34(27)19-18-32(7)10-2)26(21-35)29(30(36)31-6)23(5)24-15-13-14-17-28(24)33(8)11-3;1-5-3-4-6-2/h9,12-17,20-21H,1,5,10-11,18-19H2,2-4,6-8H3,(H,31,36);5H,3-4H2,1-2H3/b16-12-,29-26+;. The largest absolute Gasteiger partial charge is 0.383 e. The Bertz CT molecular complexity index is 1240. The van der Waals surface area contributed by atoms with Gasteiger partial charge < -0.3 is 29.7 Å². The zero-order chi connectivity index (χ0) is 31.7. The SMILES string of the molecule is C=C/C=C\c1c(C)c(/C(C=O)=C(\C(=C)c2ccccc2N(C)CC)C(=O)NC)cn1CCN(C)CC.CNCCOC. The fourth-order valence-electron chi connectivity index (χ4n) is 4.32. The quantitative estimate of drug-likeness (QED) is 0.131. The van der Waals surface area contributed by atoms with Crippen molar-refractivity contribution in [2.24, 2.45) is 0 Å². The van der Waals surface area contributed by atoms with E-state index < -0.39 is 0 Å². The number of benzene rings is 1. The van der Waals surface area contributed by atoms with E-state index in [9.17, 15) is 9.59 Å². The first kappa shape index (κ1) is 36.3. The molecule has 42 heavy (non-hydrogen) atoms. The van der Waals surface area contributed by atoms with Crippen LogP contribution in [0.5, 0.6) is 0 Å². The molecule has 2 aromatic rings. The summed E-state index contributed by atoms with van der Waals surface area (Å²) in [4.78, 5) is 30.2. The maximum atomic E-state index is 13.2. The number of anilines is 1. The minimum absolute atomic E-state index is 0.273. The monoisotopic (exact) mass is 577 g/mol. The molecule has 2 rings (SSSR count). The first-order valence-corrected chi connectivity index (χ1v) is 14.4. The van der Waals surface area contributed by atoms with E-state index in [1.54, 1.807) is 20.2 Å². The van der Waals surface area contributed by atoms with Gasteiger partial charge in [0.1, 0.15) is 0 Å². The second kappa shape index (κ2) is 19.4. The van der Waals surface area contributed by atoms with Crippen molar-refractivity contribution in [1.29, 1.82) is 0 Å². The smallest absolute Gasteiger partial charge is 0.252 e. The number of allylic oxidation sites excluding steroid dienone is 3. The summed E-state index contributed by atoms with van der Waals surface area (Å²) in [7, 11) is 9.23. The lowest BCUT2D eigenvalue weighted by molar-refractivity contribution is -0.116. The number of carbonyl (C=O) groups excluding carboxylic acids is 2. The first-order valence-electron chi connectivity index (χ1n) is 14.4. The van der Waals surface area contributed by atoms with E-state index in [2.05, 4.69) is 59.1 Å². The molecule has 0 aliphatic heterocycles. The van der Waals surface area contributed by atoms with E-state index in [0.717, 1.165) is 68.1 Å². The number of nitrogens with one attached hydrogen (secondary N) is 2. The van der Waals surface area contributed by atoms with Gasteiger partial charge in [-0.25, -0.2) is 0 Å². The van der Waals surface area contributed by atoms with Crippen molar-refractivity contribution in [2.45, 2.75) is 27.3 Å². The highest BCUT2D eigenvalue weighted by Crippen LogP contribution is 2.35. The van der Waals surface area contributed by atoms with Gasteiger partial charge in [0.05, 0.1) is 12.2 Å². The zero-order valence-electron chi connectivity index (χ0n) is 26.9. The average molecular weight is 578 g/mol. The lowest BCUT2D eigenvalue weighted by Crippen LogP contribution is -2.23. The molecule has 1 aromatic carbocycles. The van der Waals surface area contributed by atoms with Crippen LogP contribution in [0.2, 0.25) is 0 Å². The number of ether oxygens (including phenoxy) is 1. The summed E-state index contributed by atoms with van der Waals surface area (Å²) in [6.07, 6.45) is 8.33. The topological polar surface area (TPSA) is 78.8 Å². The van der Waals surface area contributed by atoms with Gasteiger partial charge >= 0.3 is 0 Å². The number of rotatable bonds is 16. The molecule has 0 unspecified atom stereocenters. The van der Waals surface area contributed by atoms with E-state index in [-0.39, 0.29) is 11.5 Å². The van der Waals surface area contributed by atoms with E-state index >= 15 is 0 Å². The molecule has 1 aromatic heterocycles. The van der Waals surface area contributed by atoms with Gasteiger partial charge in [-0.3, -0.25) is 9.59 Å². The van der Waals surface area contributed by atoms with Crippen LogP contribution >= 0.6 is 0 Å². The molecule has 0 fully saturated rings. The molecule has 0 bridgehead atoms. The minimum Gasteiger partial charge on any atom is -0.383 e. The van der Waals surface area contributed by atoms with Gasteiger partial charge in [0.15, 0.2) is 6.29 Å². The summed E-state index contributed by atoms with van der Waals surface area (Å²) in [5.41, 5.74) is 5.47. The molecule has 0 saturated carbocycles. The Morgan fingerprint density at radius 2 is 1.81 bits per heavy atom. The summed E-state index contributed by atoms with van der Waals surface area (Å²) < 4.78 is 6.85. The zero-order valence-corrected chi connectivity index (χ0v) is 26.9. The minimum atomic E-state index is -0.350. The van der Waals surface area contributed by atoms with Crippen molar-refractivity contribution in [2.75, 3.05) is 73.0 Å². The number of hydrogen-bond acceptors (Lipinski definition) is 6. The Morgan fingerprint density at radius 1 is 1.12 bits per heavy atom. The Kier molecular flexibility index (Phi) is 16.8. The third kappa shape index (κ3) is 9.98. The van der Waals surface area contributed by atoms with Crippen LogP contribution in [0.25, 0.3) is 17.2 Å². The first-order chi connectivity index (χ1) is 20.2. The Morgan fingerprint density at radius 3 is 2.33 bits per heavy atom. The summed E-state index contributed by atoms with van der Waals surface area (Å²) >= 11 is 0. The van der Waals surface area contributed by atoms with E-state index in [0.29, 0.717) is 16.7 Å². The normalized spacial score (nSPS) is 11.5. The van der Waals surface area contributed by atoms with Crippen molar-refractivity contribution in [3.8, 4) is 0 Å². The lowest BCUT2D eigenvalue weighted by atomic mass is 9.90. The molecule has 230 valence electrons. The predicted octanol–water partition coefficient (Wildman–Crippen LogP) is 4.67. The van der Waals surface area contributed by atoms with Crippen LogP contribution in [0, 0.1) is 6.92 Å². The molecule has 0 saturated heterocycles. The number of aldehydes is 1. The number of aromatic nitrogens is 1. The third-order valence-electron chi connectivity index (χ3n) is 7.14. The van der Waals surface area contributed by atoms with E-state index in [1.807, 2.05) is 63.6 Å². The van der Waals surface area contributed by atoms with Gasteiger partial charge in [0.2, 0.25) is 0 Å². The van der Waals surface area contributed by atoms with Crippen LogP contribution in [0.1, 0.15) is 36.2 Å². The van der Waals surface area contributed by atoms with Gasteiger partial charge in [-0.05, 0) is 57.8 Å². The maximum Gasteiger partial charge on any atom is 0.252 e. The fourth-order valence-corrected chi connectivity index (χ4v) is 4.32. The van der Waals surface area contributed by atoms with Crippen molar-refractivity contribution < 1.29 is 14.3 Å². The maximum absolute atomic E-state index is 13.2. The number of carbonyl (C=O) groups is 2. The molecule has 0 aliphatic rings. The fraction of sp³-hybridized carbons (Fsp3) is 0.412. The molecule has 0 radical (unpaired) electrons. The van der Waals surface area contributed by atoms with Gasteiger partial charge in [0, 0.05) is 81.7 Å². The van der Waals surface area contributed by atoms with Gasteiger partial charge in [0.25, 0.3) is 5.91 Å². The van der Waals surface area contributed by atoms with Crippen LogP contribution in [-0.4, -0.2) is 89.7 Å². The summed E-state index contributed by atoms with van der Waals surface area (Å²) in [6, 6.07) is 7.81. The number of nitrogens with zero attached hydrogens (tertiary/aromatic N) is 3. The number of likely N-dealkylation sites (N-methyl/N-ethyl adjacent to an activating group) is 3. The van der Waals surface area contributed by atoms with Crippen LogP contribution in [0.4, 0.5) is 5.69 Å². The lowest BCUT2D eigenvalue weighted by Gasteiger charge is -2.23. The van der Waals surface area contributed by atoms with Crippen molar-refractivity contribution in [3.63, 3.8) is 0 Å². The molecule has 1 heterocycles. The Hall–Kier alpha value is -3.72. The molecular formula is C34H51N5O3. The second-order valence-electron chi connectivity index (χ2n) is 9.83. The van der Waals surface area contributed by atoms with E-state index in [4.69, 9.17) is 4.74 Å². The molecule has 0 aliphatic carbocycles. The van der Waals surface area contributed by atoms with Gasteiger partial charge in [-0.1, -0.05) is 50.4 Å². The highest BCUT2D eigenvalue weighted by molar-refractivity contribution is 6.25. The van der Waals surface area contributed by atoms with Crippen LogP contribution in [0.15, 0.2) is 61.3 Å². The average Bonchev–Trinajstić information content (AvgIpc) is 3.33. The Labute approximate surface area is 253 Å². The van der Waals surface area contributed by atoms with Crippen LogP contribution in [-0.2, 0) is 20.9 Å². The third-order valence-corrected chi connectivity index (χ3v) is 7.14. The molecule has 1 amide bonds. The molecule has 0 spiro atoms. The molecule has 8 nitrogen and oxygen atoms in total. The summed E-state index contributed by atoms with van der Waals surface area (Å²) in [5, 5.41) is 5.66. The van der Waals surface area contributed by atoms with Crippen molar-refractivity contribution in [1.82, 2.24) is 20.1 Å². The van der Waals surface area contributed by atoms with Crippen molar-refractivity contribution >= 4 is 35.1 Å². The summed E-state index contributed by atoms with van der Waals surface area (Å²) in [6.45, 7) is 19.3. The Balaban J connectivity index is 0.00000132. The van der Waals surface area contributed by atoms with Gasteiger partial charge in [-0.15, -0.1) is 0 Å². The predicted molar refractivity (Wildman–Crippen MR) is 179 cm³/mol. The highest BCUT2D eigenvalue weighted by atomic mass is 16.5. The van der Waals surface area contributed by atoms with Crippen molar-refractivity contribution in [3.05, 3.63) is 83.7 Å². The second-order valence-corrected chi connectivity index (χ2v) is 9.83. The van der Waals surface area contributed by atoms with Crippen LogP contribution in [0.3, 0.4) is 0 Å². The van der Waals surface area contributed by atoms with Crippen LogP contribution < -0.4 is 15.5 Å². The number of para-hydroxylation sites is 1.